The Labute approximate surface area is 172 Å². The Kier molecular flexibility index (Phi) is 6.18. The number of nitrogens with zero attached hydrogens (tertiary/aromatic N) is 4. The van der Waals surface area contributed by atoms with Crippen LogP contribution in [0.1, 0.15) is 69.5 Å². The molecule has 3 fully saturated rings. The Morgan fingerprint density at radius 1 is 1.00 bits per heavy atom. The normalized spacial score (nSPS) is 26.8. The molecule has 0 bridgehead atoms. The minimum absolute atomic E-state index is 0.0660. The number of rotatable bonds is 4. The van der Waals surface area contributed by atoms with E-state index in [1.54, 1.807) is 13.8 Å². The van der Waals surface area contributed by atoms with Crippen LogP contribution < -0.4 is 5.32 Å². The number of aromatic nitrogens is 2. The van der Waals surface area contributed by atoms with E-state index < -0.39 is 0 Å². The number of aryl methyl sites for hydroxylation is 1. The lowest BCUT2D eigenvalue weighted by molar-refractivity contribution is -0.138. The fraction of sp³-hybridized carbons (Fsp3) is 0.810. The molecule has 0 radical (unpaired) electrons. The number of amides is 2. The van der Waals surface area contributed by atoms with Gasteiger partial charge in [0.1, 0.15) is 0 Å². The largest absolute Gasteiger partial charge is 0.342 e. The van der Waals surface area contributed by atoms with Crippen molar-refractivity contribution >= 4 is 11.8 Å². The Hall–Kier alpha value is -1.96. The van der Waals surface area contributed by atoms with E-state index in [4.69, 9.17) is 4.52 Å². The number of hydrogen-bond donors (Lipinski definition) is 1. The average molecular weight is 404 g/mol. The molecule has 1 aliphatic carbocycles. The van der Waals surface area contributed by atoms with Crippen LogP contribution in [0.5, 0.6) is 0 Å². The topological polar surface area (TPSA) is 91.6 Å². The first-order valence-corrected chi connectivity index (χ1v) is 11.1. The van der Waals surface area contributed by atoms with Crippen molar-refractivity contribution in [1.29, 1.82) is 0 Å². The summed E-state index contributed by atoms with van der Waals surface area (Å²) in [6.07, 6.45) is 7.27. The van der Waals surface area contributed by atoms with E-state index in [2.05, 4.69) is 15.5 Å². The van der Waals surface area contributed by atoms with Crippen LogP contribution in [0.3, 0.4) is 0 Å². The molecule has 3 aliphatic rings. The van der Waals surface area contributed by atoms with Crippen LogP contribution in [0.15, 0.2) is 4.52 Å². The lowest BCUT2D eigenvalue weighted by Gasteiger charge is -2.34. The van der Waals surface area contributed by atoms with Gasteiger partial charge in [0.2, 0.25) is 17.7 Å². The maximum absolute atomic E-state index is 13.2. The van der Waals surface area contributed by atoms with Crippen molar-refractivity contribution in [2.45, 2.75) is 76.8 Å². The van der Waals surface area contributed by atoms with Crippen LogP contribution in [-0.4, -0.2) is 70.0 Å². The fourth-order valence-electron chi connectivity index (χ4n) is 4.79. The van der Waals surface area contributed by atoms with Crippen LogP contribution in [0.2, 0.25) is 0 Å². The van der Waals surface area contributed by atoms with Crippen molar-refractivity contribution in [2.24, 2.45) is 5.92 Å². The van der Waals surface area contributed by atoms with E-state index in [0.717, 1.165) is 51.1 Å². The minimum Gasteiger partial charge on any atom is -0.342 e. The Morgan fingerprint density at radius 2 is 1.76 bits per heavy atom. The number of nitrogens with one attached hydrogen (secondary N) is 1. The van der Waals surface area contributed by atoms with Crippen LogP contribution >= 0.6 is 0 Å². The minimum atomic E-state index is -0.101. The van der Waals surface area contributed by atoms with Gasteiger partial charge in [-0.05, 0) is 38.5 Å². The molecular weight excluding hydrogens is 370 g/mol. The molecule has 1 N–H and O–H groups in total. The molecule has 2 amide bonds. The summed E-state index contributed by atoms with van der Waals surface area (Å²) in [7, 11) is 0. The first-order valence-electron chi connectivity index (χ1n) is 11.1. The van der Waals surface area contributed by atoms with Gasteiger partial charge in [0.15, 0.2) is 5.82 Å². The molecule has 0 unspecified atom stereocenters. The standard InChI is InChI=1S/C21H33N5O3/c1-14-22-20(24-29-14)16-8-10-25(11-9-16)21(28)17-6-7-19(23-18-4-3-5-18)13-26(12-17)15(2)27/h16-19,23H,3-13H2,1-2H3/t17-,19+/m1/s1. The summed E-state index contributed by atoms with van der Waals surface area (Å²) < 4.78 is 5.10. The van der Waals surface area contributed by atoms with Crippen molar-refractivity contribution in [3.63, 3.8) is 0 Å². The third-order valence-electron chi connectivity index (χ3n) is 6.83. The molecular formula is C21H33N5O3. The van der Waals surface area contributed by atoms with Gasteiger partial charge in [0.25, 0.3) is 0 Å². The van der Waals surface area contributed by atoms with Gasteiger partial charge < -0.3 is 19.6 Å². The number of piperidine rings is 1. The molecule has 2 atom stereocenters. The first kappa shape index (κ1) is 20.3. The number of carbonyl (C=O) groups excluding carboxylic acids is 2. The summed E-state index contributed by atoms with van der Waals surface area (Å²) in [6.45, 7) is 6.12. The zero-order valence-electron chi connectivity index (χ0n) is 17.6. The highest BCUT2D eigenvalue weighted by Crippen LogP contribution is 2.28. The summed E-state index contributed by atoms with van der Waals surface area (Å²) in [4.78, 5) is 33.6. The quantitative estimate of drug-likeness (QED) is 0.825. The molecule has 29 heavy (non-hydrogen) atoms. The molecule has 160 valence electrons. The van der Waals surface area contributed by atoms with Gasteiger partial charge in [0.05, 0.1) is 5.92 Å². The highest BCUT2D eigenvalue weighted by Gasteiger charge is 2.35. The number of carbonyl (C=O) groups is 2. The third-order valence-corrected chi connectivity index (χ3v) is 6.83. The molecule has 1 aromatic rings. The van der Waals surface area contributed by atoms with Crippen molar-refractivity contribution in [1.82, 2.24) is 25.3 Å². The smallest absolute Gasteiger partial charge is 0.227 e. The van der Waals surface area contributed by atoms with Gasteiger partial charge in [-0.3, -0.25) is 9.59 Å². The summed E-state index contributed by atoms with van der Waals surface area (Å²) >= 11 is 0. The van der Waals surface area contributed by atoms with Gasteiger partial charge >= 0.3 is 0 Å². The summed E-state index contributed by atoms with van der Waals surface area (Å²) in [5, 5.41) is 7.75. The summed E-state index contributed by atoms with van der Waals surface area (Å²) in [5.74, 6) is 1.77. The molecule has 0 spiro atoms. The maximum Gasteiger partial charge on any atom is 0.227 e. The maximum atomic E-state index is 13.2. The van der Waals surface area contributed by atoms with Crippen LogP contribution in [0.25, 0.3) is 0 Å². The molecule has 0 aromatic carbocycles. The monoisotopic (exact) mass is 403 g/mol. The van der Waals surface area contributed by atoms with Crippen LogP contribution in [0, 0.1) is 12.8 Å². The van der Waals surface area contributed by atoms with Crippen molar-refractivity contribution in [3.05, 3.63) is 11.7 Å². The van der Waals surface area contributed by atoms with Crippen molar-refractivity contribution < 1.29 is 14.1 Å². The van der Waals surface area contributed by atoms with Crippen molar-refractivity contribution in [2.75, 3.05) is 26.2 Å². The molecule has 2 saturated heterocycles. The third kappa shape index (κ3) is 4.79. The highest BCUT2D eigenvalue weighted by atomic mass is 16.5. The second-order valence-corrected chi connectivity index (χ2v) is 8.96. The second-order valence-electron chi connectivity index (χ2n) is 8.96. The summed E-state index contributed by atoms with van der Waals surface area (Å²) in [6, 6.07) is 0.892. The van der Waals surface area contributed by atoms with Gasteiger partial charge in [-0.15, -0.1) is 0 Å². The molecule has 1 saturated carbocycles. The van der Waals surface area contributed by atoms with E-state index in [-0.39, 0.29) is 23.7 Å². The average Bonchev–Trinajstić information content (AvgIpc) is 2.99. The Bertz CT molecular complexity index is 724. The van der Waals surface area contributed by atoms with E-state index in [9.17, 15) is 9.59 Å². The van der Waals surface area contributed by atoms with Gasteiger partial charge in [-0.1, -0.05) is 11.6 Å². The van der Waals surface area contributed by atoms with Gasteiger partial charge in [-0.25, -0.2) is 0 Å². The van der Waals surface area contributed by atoms with E-state index in [1.807, 2.05) is 9.80 Å². The van der Waals surface area contributed by atoms with E-state index >= 15 is 0 Å². The van der Waals surface area contributed by atoms with E-state index in [0.29, 0.717) is 24.5 Å². The molecule has 2 aliphatic heterocycles. The SMILES string of the molecule is CC(=O)N1C[C@@H](NC2CCC2)CC[C@@H](C(=O)N2CCC(c3noc(C)n3)CC2)C1. The predicted molar refractivity (Wildman–Crippen MR) is 107 cm³/mol. The van der Waals surface area contributed by atoms with Crippen LogP contribution in [0.4, 0.5) is 0 Å². The van der Waals surface area contributed by atoms with Gasteiger partial charge in [-0.2, -0.15) is 4.98 Å². The Morgan fingerprint density at radius 3 is 2.34 bits per heavy atom. The van der Waals surface area contributed by atoms with Gasteiger partial charge in [0, 0.05) is 58.0 Å². The molecule has 8 heteroatoms. The molecule has 3 heterocycles. The van der Waals surface area contributed by atoms with Crippen molar-refractivity contribution in [3.8, 4) is 0 Å². The first-order chi connectivity index (χ1) is 14.0. The Balaban J connectivity index is 1.34. The lowest BCUT2D eigenvalue weighted by Crippen LogP contribution is -2.48. The fourth-order valence-corrected chi connectivity index (χ4v) is 4.79. The predicted octanol–water partition coefficient (Wildman–Crippen LogP) is 1.85. The van der Waals surface area contributed by atoms with E-state index in [1.165, 1.54) is 19.3 Å². The second kappa shape index (κ2) is 8.81. The summed E-state index contributed by atoms with van der Waals surface area (Å²) in [5.41, 5.74) is 0. The lowest BCUT2D eigenvalue weighted by atomic mass is 9.91. The number of hydrogen-bond acceptors (Lipinski definition) is 6. The molecule has 8 nitrogen and oxygen atoms in total. The zero-order valence-corrected chi connectivity index (χ0v) is 17.6. The highest BCUT2D eigenvalue weighted by molar-refractivity contribution is 5.80. The number of likely N-dealkylation sites (tertiary alicyclic amines) is 2. The van der Waals surface area contributed by atoms with Crippen LogP contribution in [-0.2, 0) is 9.59 Å². The molecule has 4 rings (SSSR count). The molecule has 1 aromatic heterocycles. The zero-order chi connectivity index (χ0) is 20.4.